The molecule has 0 bridgehead atoms. The molecule has 2 aromatic carbocycles. The summed E-state index contributed by atoms with van der Waals surface area (Å²) in [4.78, 5) is 23.7. The van der Waals surface area contributed by atoms with Crippen molar-refractivity contribution < 1.29 is 23.1 Å². The van der Waals surface area contributed by atoms with Crippen molar-refractivity contribution in [2.75, 3.05) is 12.4 Å². The molecule has 0 radical (unpaired) electrons. The molecular weight excluding hydrogens is 360 g/mol. The normalized spacial score (nSPS) is 10.2. The summed E-state index contributed by atoms with van der Waals surface area (Å²) in [5, 5.41) is 2.41. The van der Waals surface area contributed by atoms with Crippen LogP contribution in [0.25, 0.3) is 0 Å². The van der Waals surface area contributed by atoms with Crippen molar-refractivity contribution in [3.63, 3.8) is 0 Å². The molecule has 0 aliphatic rings. The number of hydrogen-bond donors (Lipinski definition) is 1. The molecule has 0 fully saturated rings. The van der Waals surface area contributed by atoms with Crippen LogP contribution in [0.15, 0.2) is 40.9 Å². The minimum Gasteiger partial charge on any atom is -0.465 e. The molecule has 0 saturated heterocycles. The molecule has 7 heteroatoms. The molecule has 0 aliphatic carbocycles. The van der Waals surface area contributed by atoms with E-state index < -0.39 is 23.5 Å². The maximum Gasteiger partial charge on any atom is 0.342 e. The second-order valence-electron chi connectivity index (χ2n) is 4.24. The number of amides is 1. The van der Waals surface area contributed by atoms with E-state index in [1.807, 2.05) is 0 Å². The first-order chi connectivity index (χ1) is 10.4. The first-order valence-corrected chi connectivity index (χ1v) is 6.86. The van der Waals surface area contributed by atoms with Gasteiger partial charge in [0.05, 0.1) is 17.3 Å². The van der Waals surface area contributed by atoms with Gasteiger partial charge in [-0.1, -0.05) is 6.07 Å². The standard InChI is InChI=1S/C15H10BrF2NO3/c1-22-15(21)13-11(18)3-2-4-12(13)19-14(20)8-5-6-10(17)9(16)7-8/h2-7H,1H3,(H,19,20). The zero-order chi connectivity index (χ0) is 16.3. The molecule has 1 amide bonds. The smallest absolute Gasteiger partial charge is 0.342 e. The highest BCUT2D eigenvalue weighted by Gasteiger charge is 2.19. The van der Waals surface area contributed by atoms with Crippen molar-refractivity contribution in [1.29, 1.82) is 0 Å². The third kappa shape index (κ3) is 3.30. The van der Waals surface area contributed by atoms with Crippen LogP contribution in [0.2, 0.25) is 0 Å². The van der Waals surface area contributed by atoms with Crippen molar-refractivity contribution in [1.82, 2.24) is 0 Å². The van der Waals surface area contributed by atoms with Gasteiger partial charge in [0.1, 0.15) is 17.2 Å². The van der Waals surface area contributed by atoms with Gasteiger partial charge in [-0.05, 0) is 46.3 Å². The Hall–Kier alpha value is -2.28. The molecule has 114 valence electrons. The van der Waals surface area contributed by atoms with Gasteiger partial charge in [-0.3, -0.25) is 4.79 Å². The minimum absolute atomic E-state index is 0.0303. The Labute approximate surface area is 133 Å². The zero-order valence-corrected chi connectivity index (χ0v) is 12.9. The molecule has 4 nitrogen and oxygen atoms in total. The monoisotopic (exact) mass is 369 g/mol. The summed E-state index contributed by atoms with van der Waals surface area (Å²) in [6.45, 7) is 0. The van der Waals surface area contributed by atoms with Gasteiger partial charge < -0.3 is 10.1 Å². The fourth-order valence-corrected chi connectivity index (χ4v) is 2.15. The minimum atomic E-state index is -0.909. The van der Waals surface area contributed by atoms with Crippen molar-refractivity contribution in [3.8, 4) is 0 Å². The number of methoxy groups -OCH3 is 1. The highest BCUT2D eigenvalue weighted by atomic mass is 79.9. The van der Waals surface area contributed by atoms with Gasteiger partial charge in [0.25, 0.3) is 5.91 Å². The number of ether oxygens (including phenoxy) is 1. The van der Waals surface area contributed by atoms with Gasteiger partial charge in [-0.2, -0.15) is 0 Å². The van der Waals surface area contributed by atoms with Crippen LogP contribution in [0.4, 0.5) is 14.5 Å². The Balaban J connectivity index is 2.34. The Bertz CT molecular complexity index is 750. The summed E-state index contributed by atoms with van der Waals surface area (Å²) < 4.78 is 31.5. The molecular formula is C15H10BrF2NO3. The summed E-state index contributed by atoms with van der Waals surface area (Å²) >= 11 is 2.97. The third-order valence-corrected chi connectivity index (χ3v) is 3.44. The number of nitrogens with one attached hydrogen (secondary N) is 1. The SMILES string of the molecule is COC(=O)c1c(F)cccc1NC(=O)c1ccc(F)c(Br)c1. The maximum atomic E-state index is 13.7. The van der Waals surface area contributed by atoms with E-state index in [0.717, 1.165) is 19.2 Å². The molecule has 0 unspecified atom stereocenters. The zero-order valence-electron chi connectivity index (χ0n) is 11.3. The Morgan fingerprint density at radius 2 is 1.86 bits per heavy atom. The average molecular weight is 370 g/mol. The number of anilines is 1. The Morgan fingerprint density at radius 1 is 1.14 bits per heavy atom. The fourth-order valence-electron chi connectivity index (χ4n) is 1.77. The molecule has 0 heterocycles. The van der Waals surface area contributed by atoms with Gasteiger partial charge in [0.2, 0.25) is 0 Å². The summed E-state index contributed by atoms with van der Waals surface area (Å²) in [7, 11) is 1.11. The highest BCUT2D eigenvalue weighted by Crippen LogP contribution is 2.22. The van der Waals surface area contributed by atoms with Crippen LogP contribution >= 0.6 is 15.9 Å². The van der Waals surface area contributed by atoms with E-state index in [0.29, 0.717) is 0 Å². The van der Waals surface area contributed by atoms with Crippen LogP contribution in [0.1, 0.15) is 20.7 Å². The van der Waals surface area contributed by atoms with E-state index in [1.165, 1.54) is 24.3 Å². The van der Waals surface area contributed by atoms with Gasteiger partial charge in [-0.25, -0.2) is 13.6 Å². The Morgan fingerprint density at radius 3 is 2.50 bits per heavy atom. The summed E-state index contributed by atoms with van der Waals surface area (Å²) in [6.07, 6.45) is 0. The molecule has 0 spiro atoms. The van der Waals surface area contributed by atoms with E-state index >= 15 is 0 Å². The van der Waals surface area contributed by atoms with E-state index in [2.05, 4.69) is 26.0 Å². The lowest BCUT2D eigenvalue weighted by Gasteiger charge is -2.10. The summed E-state index contributed by atoms with van der Waals surface area (Å²) in [5.41, 5.74) is -0.259. The topological polar surface area (TPSA) is 55.4 Å². The molecule has 22 heavy (non-hydrogen) atoms. The second kappa shape index (κ2) is 6.65. The second-order valence-corrected chi connectivity index (χ2v) is 5.09. The van der Waals surface area contributed by atoms with Crippen molar-refractivity contribution >= 4 is 33.5 Å². The number of esters is 1. The lowest BCUT2D eigenvalue weighted by Crippen LogP contribution is -2.16. The van der Waals surface area contributed by atoms with E-state index in [9.17, 15) is 18.4 Å². The highest BCUT2D eigenvalue weighted by molar-refractivity contribution is 9.10. The van der Waals surface area contributed by atoms with Crippen molar-refractivity contribution in [2.24, 2.45) is 0 Å². The van der Waals surface area contributed by atoms with Crippen LogP contribution in [0, 0.1) is 11.6 Å². The number of rotatable bonds is 3. The van der Waals surface area contributed by atoms with Gasteiger partial charge >= 0.3 is 5.97 Å². The molecule has 0 aliphatic heterocycles. The first kappa shape index (κ1) is 16.1. The predicted octanol–water partition coefficient (Wildman–Crippen LogP) is 3.77. The number of carbonyl (C=O) groups is 2. The molecule has 2 aromatic rings. The molecule has 1 N–H and O–H groups in total. The van der Waals surface area contributed by atoms with E-state index in [-0.39, 0.29) is 21.3 Å². The molecule has 0 aromatic heterocycles. The van der Waals surface area contributed by atoms with Crippen LogP contribution in [0.3, 0.4) is 0 Å². The van der Waals surface area contributed by atoms with Gasteiger partial charge in [0, 0.05) is 5.56 Å². The van der Waals surface area contributed by atoms with Crippen molar-refractivity contribution in [3.05, 3.63) is 63.6 Å². The molecule has 2 rings (SSSR count). The maximum absolute atomic E-state index is 13.7. The van der Waals surface area contributed by atoms with Gasteiger partial charge in [0.15, 0.2) is 0 Å². The molecule has 0 saturated carbocycles. The fraction of sp³-hybridized carbons (Fsp3) is 0.0667. The predicted molar refractivity (Wildman–Crippen MR) is 79.8 cm³/mol. The summed E-state index contributed by atoms with van der Waals surface area (Å²) in [5.74, 6) is -2.85. The van der Waals surface area contributed by atoms with Crippen LogP contribution in [-0.4, -0.2) is 19.0 Å². The van der Waals surface area contributed by atoms with Crippen LogP contribution in [0.5, 0.6) is 0 Å². The van der Waals surface area contributed by atoms with E-state index in [4.69, 9.17) is 0 Å². The quantitative estimate of drug-likeness (QED) is 0.837. The lowest BCUT2D eigenvalue weighted by atomic mass is 10.1. The van der Waals surface area contributed by atoms with Crippen molar-refractivity contribution in [2.45, 2.75) is 0 Å². The van der Waals surface area contributed by atoms with E-state index in [1.54, 1.807) is 0 Å². The van der Waals surface area contributed by atoms with Crippen LogP contribution in [-0.2, 0) is 4.74 Å². The third-order valence-electron chi connectivity index (χ3n) is 2.83. The number of halogens is 3. The average Bonchev–Trinajstić information content (AvgIpc) is 2.49. The van der Waals surface area contributed by atoms with Crippen LogP contribution < -0.4 is 5.32 Å². The van der Waals surface area contributed by atoms with Gasteiger partial charge in [-0.15, -0.1) is 0 Å². The summed E-state index contributed by atoms with van der Waals surface area (Å²) in [6, 6.07) is 7.46. The largest absolute Gasteiger partial charge is 0.465 e. The number of benzene rings is 2. The Kier molecular flexibility index (Phi) is 4.87. The number of hydrogen-bond acceptors (Lipinski definition) is 3. The first-order valence-electron chi connectivity index (χ1n) is 6.07. The number of carbonyl (C=O) groups excluding carboxylic acids is 2. The molecule has 0 atom stereocenters. The lowest BCUT2D eigenvalue weighted by molar-refractivity contribution is 0.0597.